The smallest absolute Gasteiger partial charge is 0.299 e. The molecule has 2 heterocycles. The second kappa shape index (κ2) is 6.59. The fourth-order valence-corrected chi connectivity index (χ4v) is 2.60. The van der Waals surface area contributed by atoms with Gasteiger partial charge in [0.05, 0.1) is 39.1 Å². The van der Waals surface area contributed by atoms with Gasteiger partial charge in [0.1, 0.15) is 0 Å². The monoisotopic (exact) mass is 354 g/mol. The highest BCUT2D eigenvalue weighted by atomic mass is 16.6. The van der Waals surface area contributed by atoms with Gasteiger partial charge >= 0.3 is 0 Å². The van der Waals surface area contributed by atoms with E-state index < -0.39 is 9.85 Å². The van der Waals surface area contributed by atoms with E-state index in [2.05, 4.69) is 19.9 Å². The average Bonchev–Trinajstić information content (AvgIpc) is 3.22. The summed E-state index contributed by atoms with van der Waals surface area (Å²) in [5, 5.41) is 21.2. The van der Waals surface area contributed by atoms with E-state index in [-0.39, 0.29) is 11.4 Å². The van der Waals surface area contributed by atoms with Gasteiger partial charge in [0, 0.05) is 17.2 Å². The summed E-state index contributed by atoms with van der Waals surface area (Å²) >= 11 is 0. The molecule has 132 valence electrons. The summed E-state index contributed by atoms with van der Waals surface area (Å²) in [5.74, 6) is 0. The van der Waals surface area contributed by atoms with Crippen LogP contribution in [0.3, 0.4) is 0 Å². The quantitative estimate of drug-likeness (QED) is 0.416. The molecule has 0 aliphatic heterocycles. The first-order valence-corrected chi connectivity index (χ1v) is 7.53. The molecule has 2 aromatic heterocycles. The van der Waals surface area contributed by atoms with Crippen LogP contribution >= 0.6 is 0 Å². The maximum atomic E-state index is 10.7. The van der Waals surface area contributed by atoms with Crippen molar-refractivity contribution in [3.05, 3.63) is 68.3 Å². The maximum Gasteiger partial charge on any atom is 0.299 e. The van der Waals surface area contributed by atoms with Gasteiger partial charge < -0.3 is 9.97 Å². The molecule has 0 unspecified atom stereocenters. The molecule has 0 spiro atoms. The zero-order valence-corrected chi connectivity index (χ0v) is 13.9. The molecule has 0 saturated carbocycles. The highest BCUT2D eigenvalue weighted by Gasteiger charge is 2.17. The summed E-state index contributed by atoms with van der Waals surface area (Å²) in [7, 11) is 0. The minimum absolute atomic E-state index is 0.0822. The summed E-state index contributed by atoms with van der Waals surface area (Å²) in [5.41, 5.74) is 4.02. The lowest BCUT2D eigenvalue weighted by Gasteiger charge is -1.96. The van der Waals surface area contributed by atoms with Gasteiger partial charge in [0.25, 0.3) is 11.4 Å². The van der Waals surface area contributed by atoms with Crippen molar-refractivity contribution in [3.63, 3.8) is 0 Å². The zero-order valence-electron chi connectivity index (χ0n) is 13.9. The Hall–Kier alpha value is -3.82. The van der Waals surface area contributed by atoms with E-state index in [4.69, 9.17) is 0 Å². The number of aromatic nitrogens is 4. The Morgan fingerprint density at radius 2 is 1.58 bits per heavy atom. The molecule has 4 aromatic rings. The number of benzene rings is 2. The molecule has 2 N–H and O–H groups in total. The number of fused-ring (bicyclic) bond motifs is 2. The molecule has 26 heavy (non-hydrogen) atoms. The second-order valence-corrected chi connectivity index (χ2v) is 5.60. The molecule has 0 saturated heterocycles. The largest absolute Gasteiger partial charge is 0.344 e. The van der Waals surface area contributed by atoms with Crippen molar-refractivity contribution in [1.82, 2.24) is 19.9 Å². The molecule has 4 rings (SSSR count). The van der Waals surface area contributed by atoms with E-state index in [9.17, 15) is 20.2 Å². The van der Waals surface area contributed by atoms with E-state index in [1.807, 2.05) is 0 Å². The van der Waals surface area contributed by atoms with Crippen LogP contribution in [0.15, 0.2) is 36.9 Å². The molecule has 0 fully saturated rings. The predicted octanol–water partition coefficient (Wildman–Crippen LogP) is 3.56. The molecule has 2 aromatic carbocycles. The summed E-state index contributed by atoms with van der Waals surface area (Å²) in [6.07, 6.45) is 2.98. The van der Waals surface area contributed by atoms with Crippen molar-refractivity contribution in [2.75, 3.05) is 0 Å². The van der Waals surface area contributed by atoms with Gasteiger partial charge in [-0.15, -0.1) is 0 Å². The van der Waals surface area contributed by atoms with E-state index in [0.717, 1.165) is 5.52 Å². The Morgan fingerprint density at radius 3 is 2.27 bits per heavy atom. The van der Waals surface area contributed by atoms with Crippen LogP contribution in [0, 0.1) is 34.1 Å². The van der Waals surface area contributed by atoms with Crippen molar-refractivity contribution >= 4 is 33.4 Å². The number of nitro benzene ring substituents is 2. The number of nitrogens with one attached hydrogen (secondary N) is 2. The van der Waals surface area contributed by atoms with Crippen molar-refractivity contribution in [1.29, 1.82) is 0 Å². The number of aryl methyl sites for hydroxylation is 2. The Labute approximate surface area is 146 Å². The van der Waals surface area contributed by atoms with E-state index >= 15 is 0 Å². The second-order valence-electron chi connectivity index (χ2n) is 5.60. The van der Waals surface area contributed by atoms with Crippen molar-refractivity contribution in [2.24, 2.45) is 0 Å². The molecular formula is C16H14N6O4. The van der Waals surface area contributed by atoms with Crippen molar-refractivity contribution < 1.29 is 9.85 Å². The first-order chi connectivity index (χ1) is 12.4. The highest BCUT2D eigenvalue weighted by molar-refractivity contribution is 5.85. The third kappa shape index (κ3) is 3.07. The third-order valence-electron chi connectivity index (χ3n) is 3.88. The molecule has 0 amide bonds. The topological polar surface area (TPSA) is 144 Å². The number of rotatable bonds is 2. The molecule has 10 nitrogen and oxygen atoms in total. The summed E-state index contributed by atoms with van der Waals surface area (Å²) in [6.45, 7) is 3.40. The Kier molecular flexibility index (Phi) is 4.31. The number of nitro groups is 2. The van der Waals surface area contributed by atoms with Crippen LogP contribution in [0.5, 0.6) is 0 Å². The van der Waals surface area contributed by atoms with Gasteiger partial charge in [-0.2, -0.15) is 0 Å². The molecule has 0 aliphatic carbocycles. The average molecular weight is 354 g/mol. The van der Waals surface area contributed by atoms with Crippen molar-refractivity contribution in [3.8, 4) is 0 Å². The van der Waals surface area contributed by atoms with Crippen LogP contribution in [0.25, 0.3) is 22.1 Å². The maximum absolute atomic E-state index is 10.7. The number of hydrogen-bond donors (Lipinski definition) is 2. The van der Waals surface area contributed by atoms with Crippen molar-refractivity contribution in [2.45, 2.75) is 13.8 Å². The Balaban J connectivity index is 0.000000151. The fourth-order valence-electron chi connectivity index (χ4n) is 2.60. The van der Waals surface area contributed by atoms with E-state index in [1.165, 1.54) is 18.7 Å². The highest BCUT2D eigenvalue weighted by Crippen LogP contribution is 2.26. The lowest BCUT2D eigenvalue weighted by atomic mass is 10.2. The normalized spacial score (nSPS) is 10.5. The first kappa shape index (κ1) is 17.0. The van der Waals surface area contributed by atoms with Crippen LogP contribution in [-0.4, -0.2) is 29.8 Å². The first-order valence-electron chi connectivity index (χ1n) is 7.53. The SMILES string of the molecule is Cc1cc2nc[nH]c2cc1[N+](=O)[O-].Cc1ccc2[nH]cnc2c1[N+](=O)[O-]. The lowest BCUT2D eigenvalue weighted by molar-refractivity contribution is -0.385. The molecule has 0 aliphatic rings. The van der Waals surface area contributed by atoms with Crippen LogP contribution in [0.2, 0.25) is 0 Å². The summed E-state index contributed by atoms with van der Waals surface area (Å²) < 4.78 is 0. The number of imidazole rings is 2. The summed E-state index contributed by atoms with van der Waals surface area (Å²) in [6, 6.07) is 6.69. The van der Waals surface area contributed by atoms with Gasteiger partial charge in [-0.05, 0) is 26.0 Å². The van der Waals surface area contributed by atoms with Gasteiger partial charge in [0.2, 0.25) is 0 Å². The number of aromatic amines is 2. The fraction of sp³-hybridized carbons (Fsp3) is 0.125. The molecule has 10 heteroatoms. The van der Waals surface area contributed by atoms with Gasteiger partial charge in [-0.25, -0.2) is 9.97 Å². The van der Waals surface area contributed by atoms with Crippen LogP contribution in [0.1, 0.15) is 11.1 Å². The standard InChI is InChI=1S/2C8H7N3O2/c1-5-2-6-7(10-4-9-6)3-8(5)11(12)13;1-5-2-3-6-7(10-4-9-6)8(5)11(12)13/h2*2-4H,1H3,(H,9,10). The summed E-state index contributed by atoms with van der Waals surface area (Å²) in [4.78, 5) is 34.0. The van der Waals surface area contributed by atoms with Gasteiger partial charge in [-0.1, -0.05) is 6.07 Å². The minimum Gasteiger partial charge on any atom is -0.344 e. The Bertz CT molecular complexity index is 1130. The minimum atomic E-state index is -0.404. The lowest BCUT2D eigenvalue weighted by Crippen LogP contribution is -1.92. The van der Waals surface area contributed by atoms with Crippen LogP contribution in [-0.2, 0) is 0 Å². The predicted molar refractivity (Wildman–Crippen MR) is 95.0 cm³/mol. The number of H-pyrrole nitrogens is 2. The van der Waals surface area contributed by atoms with Gasteiger partial charge in [0.15, 0.2) is 5.52 Å². The van der Waals surface area contributed by atoms with Crippen LogP contribution in [0.4, 0.5) is 11.4 Å². The molecule has 0 bridgehead atoms. The molecular weight excluding hydrogens is 340 g/mol. The number of hydrogen-bond acceptors (Lipinski definition) is 6. The van der Waals surface area contributed by atoms with E-state index in [1.54, 1.807) is 32.0 Å². The Morgan fingerprint density at radius 1 is 0.885 bits per heavy atom. The molecule has 0 radical (unpaired) electrons. The van der Waals surface area contributed by atoms with Gasteiger partial charge in [-0.3, -0.25) is 20.2 Å². The molecule has 0 atom stereocenters. The number of nitrogens with zero attached hydrogens (tertiary/aromatic N) is 4. The van der Waals surface area contributed by atoms with Crippen LogP contribution < -0.4 is 0 Å². The third-order valence-corrected chi connectivity index (χ3v) is 3.88. The zero-order chi connectivity index (χ0) is 18.8. The van der Waals surface area contributed by atoms with E-state index in [0.29, 0.717) is 27.7 Å².